The van der Waals surface area contributed by atoms with Gasteiger partial charge in [0.2, 0.25) is 0 Å². The Morgan fingerprint density at radius 2 is 1.87 bits per heavy atom. The molecule has 6 nitrogen and oxygen atoms in total. The molecule has 0 radical (unpaired) electrons. The van der Waals surface area contributed by atoms with Gasteiger partial charge in [-0.15, -0.1) is 0 Å². The number of nitrogens with zero attached hydrogens (tertiary/aromatic N) is 1. The van der Waals surface area contributed by atoms with Gasteiger partial charge in [0.15, 0.2) is 8.32 Å². The predicted molar refractivity (Wildman–Crippen MR) is 122 cm³/mol. The Hall–Kier alpha value is -1.67. The van der Waals surface area contributed by atoms with E-state index in [1.54, 1.807) is 4.90 Å². The van der Waals surface area contributed by atoms with Crippen LogP contribution in [0.3, 0.4) is 0 Å². The summed E-state index contributed by atoms with van der Waals surface area (Å²) in [4.78, 5) is 26.2. The second-order valence-corrected chi connectivity index (χ2v) is 14.9. The highest BCUT2D eigenvalue weighted by molar-refractivity contribution is 6.74. The van der Waals surface area contributed by atoms with Crippen molar-refractivity contribution in [3.8, 4) is 0 Å². The van der Waals surface area contributed by atoms with Gasteiger partial charge < -0.3 is 18.8 Å². The normalized spacial score (nSPS) is 24.4. The first-order valence-electron chi connectivity index (χ1n) is 10.6. The quantitative estimate of drug-likeness (QED) is 0.454. The molecule has 0 aromatic heterocycles. The molecule has 1 aromatic rings. The van der Waals surface area contributed by atoms with Crippen LogP contribution in [0.4, 0.5) is 0 Å². The van der Waals surface area contributed by atoms with E-state index in [0.717, 1.165) is 5.56 Å². The smallest absolute Gasteiger partial charge is 0.307 e. The zero-order valence-electron chi connectivity index (χ0n) is 19.1. The van der Waals surface area contributed by atoms with Crippen LogP contribution in [0, 0.1) is 0 Å². The third kappa shape index (κ3) is 5.22. The van der Waals surface area contributed by atoms with Crippen LogP contribution in [0.1, 0.15) is 39.7 Å². The molecule has 0 bridgehead atoms. The molecule has 31 heavy (non-hydrogen) atoms. The van der Waals surface area contributed by atoms with Gasteiger partial charge in [0, 0.05) is 19.9 Å². The summed E-state index contributed by atoms with van der Waals surface area (Å²) in [5, 5.41) is -0.0238. The summed E-state index contributed by atoms with van der Waals surface area (Å²) in [6, 6.07) is 9.60. The van der Waals surface area contributed by atoms with Gasteiger partial charge in [-0.1, -0.05) is 62.7 Å². The monoisotopic (exact) mass is 465 g/mol. The third-order valence-corrected chi connectivity index (χ3v) is 11.3. The summed E-state index contributed by atoms with van der Waals surface area (Å²) in [5.41, 5.74) is 1.04. The van der Waals surface area contributed by atoms with E-state index in [0.29, 0.717) is 19.6 Å². The highest BCUT2D eigenvalue weighted by Crippen LogP contribution is 2.42. The molecule has 1 saturated heterocycles. The Morgan fingerprint density at radius 3 is 2.45 bits per heavy atom. The van der Waals surface area contributed by atoms with Crippen LogP contribution in [-0.4, -0.2) is 49.9 Å². The van der Waals surface area contributed by atoms with E-state index in [4.69, 9.17) is 25.5 Å². The van der Waals surface area contributed by atoms with Crippen molar-refractivity contribution in [2.45, 2.75) is 77.1 Å². The van der Waals surface area contributed by atoms with Gasteiger partial charge in [0.25, 0.3) is 5.91 Å². The molecule has 3 rings (SSSR count). The topological polar surface area (TPSA) is 65.1 Å². The second kappa shape index (κ2) is 9.06. The van der Waals surface area contributed by atoms with Gasteiger partial charge in [0.05, 0.1) is 18.8 Å². The molecule has 0 saturated carbocycles. The lowest BCUT2D eigenvalue weighted by Crippen LogP contribution is -2.48. The van der Waals surface area contributed by atoms with Crippen LogP contribution < -0.4 is 0 Å². The number of hydrogen-bond acceptors (Lipinski definition) is 5. The molecule has 0 N–H and O–H groups in total. The van der Waals surface area contributed by atoms with Crippen LogP contribution in [-0.2, 0) is 30.1 Å². The minimum absolute atomic E-state index is 0.0167. The van der Waals surface area contributed by atoms with Gasteiger partial charge in [-0.2, -0.15) is 0 Å². The van der Waals surface area contributed by atoms with Crippen molar-refractivity contribution < 1.29 is 23.5 Å². The van der Waals surface area contributed by atoms with Crippen LogP contribution in [0.5, 0.6) is 0 Å². The molecule has 0 unspecified atom stereocenters. The molecular formula is C23H32ClNO5Si. The molecule has 3 atom stereocenters. The second-order valence-electron chi connectivity index (χ2n) is 9.74. The number of halogens is 1. The number of carbonyl (C=O) groups is 2. The van der Waals surface area contributed by atoms with Crippen molar-refractivity contribution in [1.29, 1.82) is 0 Å². The van der Waals surface area contributed by atoms with Crippen LogP contribution in [0.25, 0.3) is 0 Å². The van der Waals surface area contributed by atoms with Crippen molar-refractivity contribution in [3.63, 3.8) is 0 Å². The third-order valence-electron chi connectivity index (χ3n) is 6.41. The molecule has 2 aliphatic heterocycles. The lowest BCUT2D eigenvalue weighted by molar-refractivity contribution is -0.139. The molecule has 170 valence electrons. The molecule has 1 fully saturated rings. The minimum atomic E-state index is -2.12. The predicted octanol–water partition coefficient (Wildman–Crippen LogP) is 4.59. The van der Waals surface area contributed by atoms with E-state index in [1.165, 1.54) is 6.92 Å². The van der Waals surface area contributed by atoms with E-state index < -0.39 is 14.3 Å². The largest absolute Gasteiger partial charge is 0.429 e. The van der Waals surface area contributed by atoms with Crippen molar-refractivity contribution in [3.05, 3.63) is 46.7 Å². The first-order valence-corrected chi connectivity index (χ1v) is 13.9. The fraction of sp³-hybridized carbons (Fsp3) is 0.565. The Morgan fingerprint density at radius 1 is 1.23 bits per heavy atom. The van der Waals surface area contributed by atoms with Gasteiger partial charge in [-0.05, 0) is 23.7 Å². The Labute approximate surface area is 190 Å². The summed E-state index contributed by atoms with van der Waals surface area (Å²) < 4.78 is 18.3. The van der Waals surface area contributed by atoms with Crippen molar-refractivity contribution in [2.24, 2.45) is 0 Å². The molecule has 0 aliphatic carbocycles. The number of amides is 1. The van der Waals surface area contributed by atoms with E-state index in [2.05, 4.69) is 33.9 Å². The van der Waals surface area contributed by atoms with Gasteiger partial charge in [-0.3, -0.25) is 9.59 Å². The maximum Gasteiger partial charge on any atom is 0.307 e. The number of fused-ring (bicyclic) bond motifs is 1. The first kappa shape index (κ1) is 24.0. The van der Waals surface area contributed by atoms with Gasteiger partial charge in [0.1, 0.15) is 16.9 Å². The maximum absolute atomic E-state index is 13.0. The SMILES string of the molecule is CC(=O)OC1=C(Cl)C(=O)N2C[C@@H](O[Si](C)(C)C(C)(C)C)[C@@H](OCc3ccccc3)[C@@H]2C1. The molecular weight excluding hydrogens is 434 g/mol. The fourth-order valence-corrected chi connectivity index (χ4v) is 5.29. The molecule has 1 aromatic carbocycles. The van der Waals surface area contributed by atoms with E-state index >= 15 is 0 Å². The zero-order chi connectivity index (χ0) is 23.0. The summed E-state index contributed by atoms with van der Waals surface area (Å²) in [6.07, 6.45) is -0.311. The Kier molecular flexibility index (Phi) is 7.01. The number of ether oxygens (including phenoxy) is 2. The number of hydrogen-bond donors (Lipinski definition) is 0. The minimum Gasteiger partial charge on any atom is -0.429 e. The number of carbonyl (C=O) groups excluding carboxylic acids is 2. The fourth-order valence-electron chi connectivity index (χ4n) is 3.75. The van der Waals surface area contributed by atoms with Crippen LogP contribution in [0.2, 0.25) is 18.1 Å². The Balaban J connectivity index is 1.88. The lowest BCUT2D eigenvalue weighted by Gasteiger charge is -2.39. The van der Waals surface area contributed by atoms with Crippen molar-refractivity contribution in [1.82, 2.24) is 4.90 Å². The standard InChI is InChI=1S/C23H32ClNO5Si/c1-15(26)29-18-12-17-21(28-14-16-10-8-7-9-11-16)19(13-25(17)22(27)20(18)24)30-31(5,6)23(2,3)4/h7-11,17,19,21H,12-14H2,1-6H3/t17-,19+,21-/m0/s1. The highest BCUT2D eigenvalue weighted by atomic mass is 35.5. The van der Waals surface area contributed by atoms with Gasteiger partial charge in [-0.25, -0.2) is 0 Å². The van der Waals surface area contributed by atoms with Crippen molar-refractivity contribution in [2.75, 3.05) is 6.54 Å². The number of benzene rings is 1. The molecule has 2 heterocycles. The summed E-state index contributed by atoms with van der Waals surface area (Å²) in [5.74, 6) is -0.631. The molecule has 0 spiro atoms. The van der Waals surface area contributed by atoms with E-state index in [1.807, 2.05) is 30.3 Å². The van der Waals surface area contributed by atoms with Crippen LogP contribution >= 0.6 is 11.6 Å². The van der Waals surface area contributed by atoms with E-state index in [-0.39, 0.29) is 40.0 Å². The Bertz CT molecular complexity index is 864. The molecule has 8 heteroatoms. The number of rotatable bonds is 6. The average Bonchev–Trinajstić information content (AvgIpc) is 3.00. The maximum atomic E-state index is 13.0. The zero-order valence-corrected chi connectivity index (χ0v) is 20.9. The summed E-state index contributed by atoms with van der Waals surface area (Å²) in [6.45, 7) is 13.0. The average molecular weight is 466 g/mol. The molecule has 1 amide bonds. The first-order chi connectivity index (χ1) is 14.4. The van der Waals surface area contributed by atoms with E-state index in [9.17, 15) is 9.59 Å². The number of esters is 1. The summed E-state index contributed by atoms with van der Waals surface area (Å²) in [7, 11) is -2.12. The molecule has 2 aliphatic rings. The summed E-state index contributed by atoms with van der Waals surface area (Å²) >= 11 is 6.26. The lowest BCUT2D eigenvalue weighted by atomic mass is 10.0. The van der Waals surface area contributed by atoms with Crippen LogP contribution in [0.15, 0.2) is 41.1 Å². The highest BCUT2D eigenvalue weighted by Gasteiger charge is 2.52. The van der Waals surface area contributed by atoms with Gasteiger partial charge >= 0.3 is 5.97 Å². The van der Waals surface area contributed by atoms with Crippen molar-refractivity contribution >= 4 is 31.8 Å².